The summed E-state index contributed by atoms with van der Waals surface area (Å²) in [6, 6.07) is 7.42. The van der Waals surface area contributed by atoms with Crippen LogP contribution in [-0.4, -0.2) is 60.1 Å². The van der Waals surface area contributed by atoms with Crippen molar-refractivity contribution in [3.8, 4) is 5.69 Å². The standard InChI is InChI=1S/C38H49N3O7/c1-24(2)12-10-13-25(3)20-29-21-26(4)33(41-36(46)39(35(45)40(29)41)28-14-8-7-9-15-28)32-22-38(34(44)48-32)31(16-11-19-42)30(27(5)23-43)17-18-37(38,6)47/h7-10,12-15,20-21,23,29,31-34,42,44,47H,11,16-19,22H2,1-6H3/b13-10+,25-20+,30-27+/t29?,31-,32+,33?,34-,37+,38+/m1/s1. The number of carbonyl (C=O) groups excluding carboxylic acids is 1. The van der Waals surface area contributed by atoms with Gasteiger partial charge in [-0.2, -0.15) is 0 Å². The molecule has 48 heavy (non-hydrogen) atoms. The Bertz CT molecular complexity index is 1800. The van der Waals surface area contributed by atoms with E-state index >= 15 is 0 Å². The maximum Gasteiger partial charge on any atom is 0.352 e. The fraction of sp³-hybridized carbons (Fsp3) is 0.500. The van der Waals surface area contributed by atoms with E-state index in [0.29, 0.717) is 36.9 Å². The third-order valence-electron chi connectivity index (χ3n) is 10.6. The van der Waals surface area contributed by atoms with E-state index in [1.54, 1.807) is 38.1 Å². The summed E-state index contributed by atoms with van der Waals surface area (Å²) >= 11 is 0. The molecular formula is C38H49N3O7. The number of allylic oxidation sites excluding steroid dienone is 9. The Labute approximate surface area is 281 Å². The molecule has 2 aliphatic heterocycles. The van der Waals surface area contributed by atoms with E-state index in [9.17, 15) is 29.7 Å². The summed E-state index contributed by atoms with van der Waals surface area (Å²) in [5, 5.41) is 33.7. The third-order valence-corrected chi connectivity index (χ3v) is 10.6. The van der Waals surface area contributed by atoms with Crippen molar-refractivity contribution in [1.29, 1.82) is 0 Å². The summed E-state index contributed by atoms with van der Waals surface area (Å²) < 4.78 is 10.5. The van der Waals surface area contributed by atoms with Gasteiger partial charge in [0.15, 0.2) is 6.29 Å². The molecule has 1 spiro atoms. The zero-order chi connectivity index (χ0) is 35.0. The number of para-hydroxylation sites is 1. The van der Waals surface area contributed by atoms with E-state index in [4.69, 9.17) is 4.74 Å². The molecule has 2 aromatic rings. The second-order valence-electron chi connectivity index (χ2n) is 14.1. The van der Waals surface area contributed by atoms with Crippen molar-refractivity contribution in [3.63, 3.8) is 0 Å². The predicted molar refractivity (Wildman–Crippen MR) is 185 cm³/mol. The summed E-state index contributed by atoms with van der Waals surface area (Å²) in [6.45, 7) is 11.2. The number of ether oxygens (including phenoxy) is 1. The lowest BCUT2D eigenvalue weighted by Gasteiger charge is -2.54. The molecule has 1 saturated heterocycles. The van der Waals surface area contributed by atoms with Gasteiger partial charge in [0.05, 0.1) is 28.8 Å². The topological polar surface area (TPSA) is 136 Å². The average Bonchev–Trinajstić information content (AvgIpc) is 3.51. The Hall–Kier alpha value is -3.83. The van der Waals surface area contributed by atoms with E-state index < -0.39 is 52.8 Å². The zero-order valence-electron chi connectivity index (χ0n) is 28.8. The molecule has 258 valence electrons. The molecule has 0 amide bonds. The van der Waals surface area contributed by atoms with Crippen molar-refractivity contribution in [2.75, 3.05) is 6.61 Å². The van der Waals surface area contributed by atoms with Crippen LogP contribution in [0.15, 0.2) is 98.2 Å². The van der Waals surface area contributed by atoms with Gasteiger partial charge < -0.3 is 20.1 Å². The van der Waals surface area contributed by atoms with Gasteiger partial charge in [0, 0.05) is 6.61 Å². The van der Waals surface area contributed by atoms with E-state index in [2.05, 4.69) is 0 Å². The molecule has 10 nitrogen and oxygen atoms in total. The van der Waals surface area contributed by atoms with Crippen LogP contribution in [0, 0.1) is 11.3 Å². The Morgan fingerprint density at radius 1 is 1.08 bits per heavy atom. The number of aromatic nitrogens is 3. The number of rotatable bonds is 9. The largest absolute Gasteiger partial charge is 0.396 e. The first kappa shape index (κ1) is 35.5. The maximum absolute atomic E-state index is 14.4. The van der Waals surface area contributed by atoms with Crippen molar-refractivity contribution in [2.24, 2.45) is 11.3 Å². The minimum Gasteiger partial charge on any atom is -0.396 e. The molecule has 2 unspecified atom stereocenters. The first-order valence-electron chi connectivity index (χ1n) is 16.8. The molecule has 3 heterocycles. The number of hydrogen-bond acceptors (Lipinski definition) is 7. The molecule has 0 radical (unpaired) electrons. The smallest absolute Gasteiger partial charge is 0.352 e. The van der Waals surface area contributed by atoms with Gasteiger partial charge in [0.1, 0.15) is 12.3 Å². The molecule has 5 rings (SSSR count). The molecule has 1 saturated carbocycles. The minimum absolute atomic E-state index is 0.0838. The van der Waals surface area contributed by atoms with Crippen LogP contribution in [0.25, 0.3) is 5.69 Å². The molecule has 3 N–H and O–H groups in total. The summed E-state index contributed by atoms with van der Waals surface area (Å²) in [7, 11) is 0. The monoisotopic (exact) mass is 659 g/mol. The first-order chi connectivity index (χ1) is 22.8. The fourth-order valence-corrected chi connectivity index (χ4v) is 8.21. The van der Waals surface area contributed by atoms with Gasteiger partial charge in [-0.15, -0.1) is 0 Å². The molecule has 1 aromatic carbocycles. The number of carbonyl (C=O) groups is 1. The SMILES string of the molecule is CC(C)=C/C=C/C(C)=C/C1C=C(C)C([C@@H]2C[C@@]3([C@H](O)O2)[C@H](CCCO)/C(=C(\C)C=O)CC[C@]3(C)O)n2c(=O)n(-c3ccccc3)c(=O)n21. The Kier molecular flexibility index (Phi) is 10.3. The second-order valence-corrected chi connectivity index (χ2v) is 14.1. The highest BCUT2D eigenvalue weighted by molar-refractivity contribution is 5.74. The molecule has 1 aromatic heterocycles. The van der Waals surface area contributed by atoms with Crippen LogP contribution in [0.3, 0.4) is 0 Å². The lowest BCUT2D eigenvalue weighted by atomic mass is 9.53. The summed E-state index contributed by atoms with van der Waals surface area (Å²) in [6.07, 6.45) is 10.1. The van der Waals surface area contributed by atoms with Crippen LogP contribution in [-0.2, 0) is 9.53 Å². The molecule has 10 heteroatoms. The van der Waals surface area contributed by atoms with Gasteiger partial charge >= 0.3 is 11.4 Å². The van der Waals surface area contributed by atoms with Crippen molar-refractivity contribution in [2.45, 2.75) is 104 Å². The lowest BCUT2D eigenvalue weighted by Crippen LogP contribution is -2.58. The van der Waals surface area contributed by atoms with E-state index in [0.717, 1.165) is 33.1 Å². The van der Waals surface area contributed by atoms with Gasteiger partial charge in [0.2, 0.25) is 0 Å². The summed E-state index contributed by atoms with van der Waals surface area (Å²) in [5.41, 5.74) is 0.990. The Balaban J connectivity index is 1.68. The zero-order valence-corrected chi connectivity index (χ0v) is 28.8. The number of aldehydes is 1. The van der Waals surface area contributed by atoms with Crippen LogP contribution in [0.4, 0.5) is 0 Å². The quantitative estimate of drug-likeness (QED) is 0.152. The number of nitrogens with zero attached hydrogens (tertiary/aromatic N) is 3. The van der Waals surface area contributed by atoms with Crippen molar-refractivity contribution in [3.05, 3.63) is 110 Å². The van der Waals surface area contributed by atoms with E-state index in [1.165, 1.54) is 9.36 Å². The van der Waals surface area contributed by atoms with Crippen LogP contribution in [0.1, 0.15) is 85.7 Å². The lowest BCUT2D eigenvalue weighted by molar-refractivity contribution is -0.222. The summed E-state index contributed by atoms with van der Waals surface area (Å²) in [5.74, 6) is -0.453. The number of benzene rings is 1. The number of hydrogen-bond donors (Lipinski definition) is 3. The van der Waals surface area contributed by atoms with Crippen LogP contribution in [0.2, 0.25) is 0 Å². The number of fused-ring (bicyclic) bond motifs is 1. The van der Waals surface area contributed by atoms with Gasteiger partial charge in [0.25, 0.3) is 0 Å². The van der Waals surface area contributed by atoms with Crippen molar-refractivity contribution in [1.82, 2.24) is 13.9 Å². The minimum atomic E-state index is -1.43. The fourth-order valence-electron chi connectivity index (χ4n) is 8.21. The van der Waals surface area contributed by atoms with Crippen LogP contribution in [0.5, 0.6) is 0 Å². The summed E-state index contributed by atoms with van der Waals surface area (Å²) in [4.78, 5) is 40.6. The number of aliphatic hydroxyl groups is 3. The second kappa shape index (κ2) is 14.0. The first-order valence-corrected chi connectivity index (χ1v) is 16.8. The maximum atomic E-state index is 14.4. The molecule has 1 aliphatic carbocycles. The van der Waals surface area contributed by atoms with Gasteiger partial charge in [-0.3, -0.25) is 4.79 Å². The van der Waals surface area contributed by atoms with E-state index in [1.807, 2.05) is 64.1 Å². The molecule has 3 aliphatic rings. The van der Waals surface area contributed by atoms with E-state index in [-0.39, 0.29) is 13.0 Å². The molecule has 2 fully saturated rings. The molecule has 7 atom stereocenters. The van der Waals surface area contributed by atoms with Gasteiger partial charge in [-0.25, -0.2) is 23.5 Å². The highest BCUT2D eigenvalue weighted by Crippen LogP contribution is 2.61. The normalized spacial score (nSPS) is 31.6. The van der Waals surface area contributed by atoms with Crippen molar-refractivity contribution >= 4 is 6.29 Å². The Morgan fingerprint density at radius 3 is 2.42 bits per heavy atom. The number of aliphatic hydroxyl groups excluding tert-OH is 2. The van der Waals surface area contributed by atoms with Crippen molar-refractivity contribution < 1.29 is 24.9 Å². The van der Waals surface area contributed by atoms with Crippen LogP contribution >= 0.6 is 0 Å². The highest BCUT2D eigenvalue weighted by atomic mass is 16.6. The highest BCUT2D eigenvalue weighted by Gasteiger charge is 2.65. The van der Waals surface area contributed by atoms with Gasteiger partial charge in [-0.05, 0) is 103 Å². The third kappa shape index (κ3) is 6.11. The van der Waals surface area contributed by atoms with Crippen LogP contribution < -0.4 is 11.4 Å². The predicted octanol–water partition coefficient (Wildman–Crippen LogP) is 4.85. The molecule has 0 bridgehead atoms. The molecular weight excluding hydrogens is 610 g/mol. The van der Waals surface area contributed by atoms with Gasteiger partial charge in [-0.1, -0.05) is 65.3 Å². The average molecular weight is 660 g/mol. The Morgan fingerprint density at radius 2 is 1.77 bits per heavy atom.